The van der Waals surface area contributed by atoms with Crippen molar-refractivity contribution in [2.45, 2.75) is 19.3 Å². The molecule has 0 saturated carbocycles. The van der Waals surface area contributed by atoms with Crippen molar-refractivity contribution in [3.05, 3.63) is 181 Å². The Labute approximate surface area is 286 Å². The van der Waals surface area contributed by atoms with Crippen LogP contribution in [0.2, 0.25) is 0 Å². The van der Waals surface area contributed by atoms with Gasteiger partial charge in [-0.25, -0.2) is 0 Å². The van der Waals surface area contributed by atoms with Crippen LogP contribution in [0.5, 0.6) is 0 Å². The van der Waals surface area contributed by atoms with Crippen LogP contribution in [0, 0.1) is 0 Å². The molecule has 0 amide bonds. The van der Waals surface area contributed by atoms with E-state index in [2.05, 4.69) is 184 Å². The predicted molar refractivity (Wildman–Crippen MR) is 210 cm³/mol. The first-order chi connectivity index (χ1) is 24.1. The molecule has 0 spiro atoms. The summed E-state index contributed by atoms with van der Waals surface area (Å²) >= 11 is 0. The van der Waals surface area contributed by atoms with Gasteiger partial charge in [-0.2, -0.15) is 0 Å². The van der Waals surface area contributed by atoms with Gasteiger partial charge in [-0.15, -0.1) is 0 Å². The molecule has 0 fully saturated rings. The van der Waals surface area contributed by atoms with Crippen molar-refractivity contribution in [3.8, 4) is 44.5 Å². The van der Waals surface area contributed by atoms with E-state index < -0.39 is 0 Å². The van der Waals surface area contributed by atoms with Crippen molar-refractivity contribution in [3.63, 3.8) is 0 Å². The van der Waals surface area contributed by atoms with Gasteiger partial charge in [-0.3, -0.25) is 0 Å². The summed E-state index contributed by atoms with van der Waals surface area (Å²) in [6.07, 6.45) is 0. The number of hydrogen-bond donors (Lipinski definition) is 0. The molecule has 0 aromatic heterocycles. The first kappa shape index (κ1) is 28.1. The van der Waals surface area contributed by atoms with Crippen molar-refractivity contribution in [1.82, 2.24) is 0 Å². The summed E-state index contributed by atoms with van der Waals surface area (Å²) in [7, 11) is 0. The summed E-state index contributed by atoms with van der Waals surface area (Å²) in [5, 5.41) is 10.3. The Hall–Kier alpha value is -5.98. The molecule has 230 valence electrons. The predicted octanol–water partition coefficient (Wildman–Crippen LogP) is 13.6. The van der Waals surface area contributed by atoms with E-state index >= 15 is 0 Å². The lowest BCUT2D eigenvalue weighted by Gasteiger charge is -2.22. The molecule has 0 atom stereocenters. The maximum absolute atomic E-state index is 2.43. The fourth-order valence-electron chi connectivity index (χ4n) is 8.64. The van der Waals surface area contributed by atoms with Crippen molar-refractivity contribution >= 4 is 43.1 Å². The quantitative estimate of drug-likeness (QED) is 0.172. The average molecular weight is 623 g/mol. The summed E-state index contributed by atoms with van der Waals surface area (Å²) in [6.45, 7) is 4.73. The van der Waals surface area contributed by atoms with Gasteiger partial charge >= 0.3 is 0 Å². The minimum Gasteiger partial charge on any atom is -0.0616 e. The van der Waals surface area contributed by atoms with Gasteiger partial charge in [0.15, 0.2) is 0 Å². The third kappa shape index (κ3) is 4.17. The van der Waals surface area contributed by atoms with Gasteiger partial charge in [-0.1, -0.05) is 159 Å². The van der Waals surface area contributed by atoms with Crippen LogP contribution in [-0.2, 0) is 5.41 Å². The van der Waals surface area contributed by atoms with E-state index in [0.29, 0.717) is 0 Å². The third-order valence-corrected chi connectivity index (χ3v) is 11.0. The maximum Gasteiger partial charge on any atom is 0.0159 e. The maximum atomic E-state index is 2.43. The highest BCUT2D eigenvalue weighted by atomic mass is 14.4. The smallest absolute Gasteiger partial charge is 0.0159 e. The van der Waals surface area contributed by atoms with E-state index in [1.165, 1.54) is 98.7 Å². The minimum absolute atomic E-state index is 0.0429. The van der Waals surface area contributed by atoms with E-state index in [9.17, 15) is 0 Å². The molecule has 0 aliphatic heterocycles. The SMILES string of the molecule is CC1(C)c2ccc(-c3cccc(-c4c5ccccc5c(-c5cccc6ccccc56)c5ccccc45)c3)cc2-c2cc3ccccc3cc21. The number of benzene rings is 9. The fraction of sp³-hybridized carbons (Fsp3) is 0.0612. The molecule has 0 heterocycles. The molecular weight excluding hydrogens is 589 g/mol. The molecule has 0 bridgehead atoms. The Kier molecular flexibility index (Phi) is 6.02. The second-order valence-corrected chi connectivity index (χ2v) is 14.1. The largest absolute Gasteiger partial charge is 0.0616 e. The van der Waals surface area contributed by atoms with E-state index in [4.69, 9.17) is 0 Å². The molecule has 9 aromatic carbocycles. The Bertz CT molecular complexity index is 2730. The summed E-state index contributed by atoms with van der Waals surface area (Å²) in [6, 6.07) is 63.2. The summed E-state index contributed by atoms with van der Waals surface area (Å²) < 4.78 is 0. The average Bonchev–Trinajstić information content (AvgIpc) is 3.37. The van der Waals surface area contributed by atoms with Crippen LogP contribution in [0.3, 0.4) is 0 Å². The lowest BCUT2D eigenvalue weighted by Crippen LogP contribution is -2.14. The topological polar surface area (TPSA) is 0 Å². The summed E-state index contributed by atoms with van der Waals surface area (Å²) in [5.41, 5.74) is 13.1. The van der Waals surface area contributed by atoms with Crippen molar-refractivity contribution in [2.24, 2.45) is 0 Å². The molecule has 0 N–H and O–H groups in total. The third-order valence-electron chi connectivity index (χ3n) is 11.0. The molecule has 0 heteroatoms. The zero-order chi connectivity index (χ0) is 32.7. The lowest BCUT2D eigenvalue weighted by atomic mass is 9.81. The Morgan fingerprint density at radius 1 is 0.306 bits per heavy atom. The highest BCUT2D eigenvalue weighted by Crippen LogP contribution is 2.51. The molecule has 49 heavy (non-hydrogen) atoms. The van der Waals surface area contributed by atoms with E-state index in [1.807, 2.05) is 0 Å². The van der Waals surface area contributed by atoms with Crippen molar-refractivity contribution < 1.29 is 0 Å². The highest BCUT2D eigenvalue weighted by Gasteiger charge is 2.35. The first-order valence-corrected chi connectivity index (χ1v) is 17.3. The fourth-order valence-corrected chi connectivity index (χ4v) is 8.64. The van der Waals surface area contributed by atoms with Crippen LogP contribution in [0.15, 0.2) is 170 Å². The summed E-state index contributed by atoms with van der Waals surface area (Å²) in [4.78, 5) is 0. The second-order valence-electron chi connectivity index (χ2n) is 14.1. The number of rotatable bonds is 3. The van der Waals surface area contributed by atoms with Gasteiger partial charge in [0.2, 0.25) is 0 Å². The van der Waals surface area contributed by atoms with Gasteiger partial charge < -0.3 is 0 Å². The van der Waals surface area contributed by atoms with Crippen LogP contribution in [0.1, 0.15) is 25.0 Å². The van der Waals surface area contributed by atoms with E-state index in [0.717, 1.165) is 0 Å². The molecule has 1 aliphatic carbocycles. The number of fused-ring (bicyclic) bond motifs is 7. The monoisotopic (exact) mass is 622 g/mol. The van der Waals surface area contributed by atoms with Crippen LogP contribution < -0.4 is 0 Å². The first-order valence-electron chi connectivity index (χ1n) is 17.3. The second kappa shape index (κ2) is 10.5. The minimum atomic E-state index is -0.0429. The zero-order valence-electron chi connectivity index (χ0n) is 27.7. The highest BCUT2D eigenvalue weighted by molar-refractivity contribution is 6.23. The molecule has 9 aromatic rings. The Morgan fingerprint density at radius 3 is 1.53 bits per heavy atom. The van der Waals surface area contributed by atoms with Gasteiger partial charge in [0.1, 0.15) is 0 Å². The van der Waals surface area contributed by atoms with Crippen LogP contribution in [-0.4, -0.2) is 0 Å². The van der Waals surface area contributed by atoms with E-state index in [-0.39, 0.29) is 5.41 Å². The Morgan fingerprint density at radius 2 is 0.816 bits per heavy atom. The summed E-state index contributed by atoms with van der Waals surface area (Å²) in [5.74, 6) is 0. The molecular formula is C49H34. The van der Waals surface area contributed by atoms with Gasteiger partial charge in [0.25, 0.3) is 0 Å². The Balaban J connectivity index is 1.18. The van der Waals surface area contributed by atoms with Gasteiger partial charge in [0, 0.05) is 5.41 Å². The standard InChI is InChI=1S/C49H34/c1-49(2)45-26-25-35(29-43(45)44-28-33-14-3-4-15-34(33)30-46(44)49)32-17-11-18-36(27-32)47-39-20-7-9-22-41(39)48(42-23-10-8-21-40(42)47)38-24-12-16-31-13-5-6-19-37(31)38/h3-30H,1-2H3. The molecule has 1 aliphatic rings. The van der Waals surface area contributed by atoms with Crippen molar-refractivity contribution in [1.29, 1.82) is 0 Å². The molecule has 0 nitrogen and oxygen atoms in total. The molecule has 0 unspecified atom stereocenters. The molecule has 10 rings (SSSR count). The van der Waals surface area contributed by atoms with Gasteiger partial charge in [0.05, 0.1) is 0 Å². The molecule has 0 saturated heterocycles. The zero-order valence-corrected chi connectivity index (χ0v) is 27.7. The number of hydrogen-bond acceptors (Lipinski definition) is 0. The van der Waals surface area contributed by atoms with Crippen LogP contribution in [0.4, 0.5) is 0 Å². The molecule has 0 radical (unpaired) electrons. The van der Waals surface area contributed by atoms with Crippen LogP contribution >= 0.6 is 0 Å². The van der Waals surface area contributed by atoms with Gasteiger partial charge in [-0.05, 0) is 123 Å². The van der Waals surface area contributed by atoms with E-state index in [1.54, 1.807) is 0 Å². The lowest BCUT2D eigenvalue weighted by molar-refractivity contribution is 0.661. The van der Waals surface area contributed by atoms with Crippen LogP contribution in [0.25, 0.3) is 87.6 Å². The van der Waals surface area contributed by atoms with Crippen molar-refractivity contribution in [2.75, 3.05) is 0 Å². The normalized spacial score (nSPS) is 13.3.